The molecule has 3 N–H and O–H groups in total. The Hall–Kier alpha value is -1.87. The molecule has 0 amide bonds. The van der Waals surface area contributed by atoms with E-state index in [1.807, 2.05) is 0 Å². The molecule has 0 bridgehead atoms. The molecule has 1 fully saturated rings. The number of aliphatic hydroxyl groups is 1. The van der Waals surface area contributed by atoms with Crippen LogP contribution in [-0.2, 0) is 9.47 Å². The average Bonchev–Trinajstić information content (AvgIpc) is 2.65. The highest BCUT2D eigenvalue weighted by molar-refractivity contribution is 5.90. The van der Waals surface area contributed by atoms with Gasteiger partial charge in [-0.2, -0.15) is 0 Å². The molecule has 2 rings (SSSR count). The largest absolute Gasteiger partial charge is 0.508 e. The van der Waals surface area contributed by atoms with Gasteiger partial charge in [0.2, 0.25) is 0 Å². The summed E-state index contributed by atoms with van der Waals surface area (Å²) in [6.45, 7) is 7.37. The number of rotatable bonds is 11. The number of carbonyl (C=O) groups excluding carboxylic acids is 1. The number of carbonyl (C=O) groups is 1. The Morgan fingerprint density at radius 1 is 0.889 bits per heavy atom. The lowest BCUT2D eigenvalue weighted by atomic mass is 10.2. The summed E-state index contributed by atoms with van der Waals surface area (Å²) >= 11 is 0. The van der Waals surface area contributed by atoms with Crippen LogP contribution in [0, 0.1) is 0 Å². The molecule has 8 nitrogen and oxygen atoms in total. The minimum absolute atomic E-state index is 0.0688. The van der Waals surface area contributed by atoms with Crippen LogP contribution >= 0.6 is 0 Å². The van der Waals surface area contributed by atoms with Crippen LogP contribution < -0.4 is 0 Å². The lowest BCUT2D eigenvalue weighted by Gasteiger charge is -2.34. The Bertz CT molecular complexity index is 555. The minimum atomic E-state index is -0.543. The van der Waals surface area contributed by atoms with Crippen molar-refractivity contribution in [1.29, 1.82) is 0 Å². The number of ether oxygens (including phenoxy) is 2. The van der Waals surface area contributed by atoms with Crippen LogP contribution in [0.15, 0.2) is 18.2 Å². The molecular formula is C19H30N2O6. The van der Waals surface area contributed by atoms with E-state index in [1.54, 1.807) is 0 Å². The van der Waals surface area contributed by atoms with Gasteiger partial charge in [0.1, 0.15) is 11.5 Å². The molecule has 0 unspecified atom stereocenters. The van der Waals surface area contributed by atoms with Crippen molar-refractivity contribution in [3.05, 3.63) is 23.8 Å². The van der Waals surface area contributed by atoms with Gasteiger partial charge in [-0.25, -0.2) is 4.79 Å². The molecule has 27 heavy (non-hydrogen) atoms. The SMILES string of the molecule is O=C(OCCCCN1CCN(CCOCCO)CC1)c1cc(O)cc(O)c1. The summed E-state index contributed by atoms with van der Waals surface area (Å²) in [6, 6.07) is 3.71. The maximum atomic E-state index is 11.9. The van der Waals surface area contributed by atoms with Gasteiger partial charge in [0.05, 0.1) is 32.0 Å². The third-order valence-corrected chi connectivity index (χ3v) is 4.49. The normalized spacial score (nSPS) is 15.7. The molecule has 1 aliphatic rings. The van der Waals surface area contributed by atoms with Crippen molar-refractivity contribution in [3.8, 4) is 11.5 Å². The number of aliphatic hydroxyl groups excluding tert-OH is 1. The lowest BCUT2D eigenvalue weighted by Crippen LogP contribution is -2.47. The highest BCUT2D eigenvalue weighted by Gasteiger charge is 2.16. The Labute approximate surface area is 159 Å². The second-order valence-electron chi connectivity index (χ2n) is 6.60. The zero-order chi connectivity index (χ0) is 19.5. The number of piperazine rings is 1. The number of nitrogens with zero attached hydrogens (tertiary/aromatic N) is 2. The molecule has 0 atom stereocenters. The van der Waals surface area contributed by atoms with Crippen LogP contribution in [0.2, 0.25) is 0 Å². The lowest BCUT2D eigenvalue weighted by molar-refractivity contribution is 0.0480. The second kappa shape index (κ2) is 11.8. The van der Waals surface area contributed by atoms with Crippen LogP contribution in [0.5, 0.6) is 11.5 Å². The maximum absolute atomic E-state index is 11.9. The van der Waals surface area contributed by atoms with Gasteiger partial charge in [-0.05, 0) is 31.5 Å². The molecule has 0 aliphatic carbocycles. The van der Waals surface area contributed by atoms with Crippen LogP contribution in [0.1, 0.15) is 23.2 Å². The summed E-state index contributed by atoms with van der Waals surface area (Å²) in [6.07, 6.45) is 1.71. The molecule has 1 aromatic rings. The fraction of sp³-hybridized carbons (Fsp3) is 0.632. The van der Waals surface area contributed by atoms with Crippen LogP contribution in [0.25, 0.3) is 0 Å². The summed E-state index contributed by atoms with van der Waals surface area (Å²) in [7, 11) is 0. The third kappa shape index (κ3) is 8.13. The zero-order valence-corrected chi connectivity index (χ0v) is 15.7. The van der Waals surface area contributed by atoms with E-state index in [2.05, 4.69) is 9.80 Å². The van der Waals surface area contributed by atoms with E-state index in [4.69, 9.17) is 14.6 Å². The molecule has 0 saturated carbocycles. The molecule has 1 heterocycles. The van der Waals surface area contributed by atoms with Crippen molar-refractivity contribution >= 4 is 5.97 Å². The first-order valence-electron chi connectivity index (χ1n) is 9.42. The monoisotopic (exact) mass is 382 g/mol. The third-order valence-electron chi connectivity index (χ3n) is 4.49. The van der Waals surface area contributed by atoms with E-state index in [-0.39, 0.29) is 23.7 Å². The number of phenolic OH excluding ortho intramolecular Hbond substituents is 2. The van der Waals surface area contributed by atoms with Crippen LogP contribution in [0.4, 0.5) is 0 Å². The van der Waals surface area contributed by atoms with Crippen molar-refractivity contribution in [2.45, 2.75) is 12.8 Å². The van der Waals surface area contributed by atoms with Crippen molar-refractivity contribution in [2.75, 3.05) is 65.7 Å². The van der Waals surface area contributed by atoms with Crippen molar-refractivity contribution in [1.82, 2.24) is 9.80 Å². The van der Waals surface area contributed by atoms with E-state index >= 15 is 0 Å². The molecule has 152 valence electrons. The summed E-state index contributed by atoms with van der Waals surface area (Å²) in [5.41, 5.74) is 0.145. The highest BCUT2D eigenvalue weighted by Crippen LogP contribution is 2.20. The van der Waals surface area contributed by atoms with Crippen molar-refractivity contribution in [3.63, 3.8) is 0 Å². The van der Waals surface area contributed by atoms with Gasteiger partial charge < -0.3 is 29.7 Å². The molecule has 1 saturated heterocycles. The topological polar surface area (TPSA) is 103 Å². The standard InChI is InChI=1S/C19H30N2O6/c22-9-12-26-11-8-21-6-4-20(5-7-21)3-1-2-10-27-19(25)16-13-17(23)15-18(24)14-16/h13-15,22-24H,1-12H2. The Morgan fingerprint density at radius 2 is 1.52 bits per heavy atom. The van der Waals surface area contributed by atoms with Gasteiger partial charge >= 0.3 is 5.97 Å². The van der Waals surface area contributed by atoms with Crippen LogP contribution in [-0.4, -0.2) is 96.8 Å². The second-order valence-corrected chi connectivity index (χ2v) is 6.60. The molecule has 0 radical (unpaired) electrons. The molecule has 8 heteroatoms. The van der Waals surface area contributed by atoms with E-state index in [1.165, 1.54) is 18.2 Å². The Kier molecular flexibility index (Phi) is 9.34. The Balaban J connectivity index is 1.53. The van der Waals surface area contributed by atoms with E-state index in [9.17, 15) is 15.0 Å². The van der Waals surface area contributed by atoms with Crippen LogP contribution in [0.3, 0.4) is 0 Å². The number of hydrogen-bond acceptors (Lipinski definition) is 8. The Morgan fingerprint density at radius 3 is 2.15 bits per heavy atom. The predicted molar refractivity (Wildman–Crippen MR) is 100 cm³/mol. The number of unbranched alkanes of at least 4 members (excludes halogenated alkanes) is 1. The summed E-state index contributed by atoms with van der Waals surface area (Å²) < 4.78 is 10.5. The van der Waals surface area contributed by atoms with E-state index in [0.29, 0.717) is 19.8 Å². The molecular weight excluding hydrogens is 352 g/mol. The van der Waals surface area contributed by atoms with Crippen molar-refractivity contribution in [2.24, 2.45) is 0 Å². The fourth-order valence-corrected chi connectivity index (χ4v) is 3.00. The van der Waals surface area contributed by atoms with Gasteiger partial charge in [0.15, 0.2) is 0 Å². The van der Waals surface area contributed by atoms with E-state index < -0.39 is 5.97 Å². The first-order valence-corrected chi connectivity index (χ1v) is 9.42. The van der Waals surface area contributed by atoms with Gasteiger partial charge in [-0.1, -0.05) is 0 Å². The number of esters is 1. The quantitative estimate of drug-likeness (QED) is 0.379. The zero-order valence-electron chi connectivity index (χ0n) is 15.7. The van der Waals surface area contributed by atoms with E-state index in [0.717, 1.165) is 52.1 Å². The average molecular weight is 382 g/mol. The summed E-state index contributed by atoms with van der Waals surface area (Å²) in [4.78, 5) is 16.7. The molecule has 1 aliphatic heterocycles. The number of phenols is 2. The maximum Gasteiger partial charge on any atom is 0.338 e. The predicted octanol–water partition coefficient (Wildman–Crippen LogP) is 0.661. The smallest absolute Gasteiger partial charge is 0.338 e. The summed E-state index contributed by atoms with van der Waals surface area (Å²) in [5.74, 6) is -0.875. The van der Waals surface area contributed by atoms with Gasteiger partial charge in [-0.3, -0.25) is 4.90 Å². The number of hydrogen-bond donors (Lipinski definition) is 3. The van der Waals surface area contributed by atoms with Gasteiger partial charge in [0, 0.05) is 38.8 Å². The summed E-state index contributed by atoms with van der Waals surface area (Å²) in [5, 5.41) is 27.5. The molecule has 0 spiro atoms. The van der Waals surface area contributed by atoms with Crippen molar-refractivity contribution < 1.29 is 29.6 Å². The first-order chi connectivity index (χ1) is 13.1. The number of aromatic hydroxyl groups is 2. The van der Waals surface area contributed by atoms with Gasteiger partial charge in [0.25, 0.3) is 0 Å². The first kappa shape index (κ1) is 21.4. The molecule has 1 aromatic carbocycles. The number of benzene rings is 1. The highest BCUT2D eigenvalue weighted by atomic mass is 16.5. The fourth-order valence-electron chi connectivity index (χ4n) is 3.00. The minimum Gasteiger partial charge on any atom is -0.508 e. The van der Waals surface area contributed by atoms with Gasteiger partial charge in [-0.15, -0.1) is 0 Å². The molecule has 0 aromatic heterocycles.